The average molecular weight is 444 g/mol. The molecule has 1 heterocycles. The molecular formula is C24H23Cl2NO3. The standard InChI is InChI=1S/C24H23Cl2NO3/c1-2-16-4-3-5-18(14-16)8-11-22-20(25)15-21(26)23(28)27(22)13-12-17-6-9-19(10-7-17)24(29)30/h3-7,9-10,14-15H,2,8,11-13H2,1H3,(H,29,30). The van der Waals surface area contributed by atoms with Crippen molar-refractivity contribution in [2.45, 2.75) is 39.2 Å². The molecule has 1 aromatic heterocycles. The summed E-state index contributed by atoms with van der Waals surface area (Å²) in [6.07, 6.45) is 2.92. The topological polar surface area (TPSA) is 59.3 Å². The third kappa shape index (κ3) is 5.32. The predicted octanol–water partition coefficient (Wildman–Crippen LogP) is 5.44. The number of aromatic nitrogens is 1. The Morgan fingerprint density at radius 3 is 2.27 bits per heavy atom. The highest BCUT2D eigenvalue weighted by Crippen LogP contribution is 2.21. The minimum Gasteiger partial charge on any atom is -0.478 e. The molecule has 0 radical (unpaired) electrons. The Morgan fingerprint density at radius 1 is 0.900 bits per heavy atom. The Kier molecular flexibility index (Phi) is 7.35. The fraction of sp³-hybridized carbons (Fsp3) is 0.250. The second-order valence-corrected chi connectivity index (χ2v) is 7.98. The highest BCUT2D eigenvalue weighted by Gasteiger charge is 2.13. The Hall–Kier alpha value is -2.56. The van der Waals surface area contributed by atoms with Gasteiger partial charge >= 0.3 is 5.97 Å². The van der Waals surface area contributed by atoms with E-state index >= 15 is 0 Å². The fourth-order valence-corrected chi connectivity index (χ4v) is 4.02. The number of aromatic carboxylic acids is 1. The van der Waals surface area contributed by atoms with Crippen LogP contribution in [0.5, 0.6) is 0 Å². The van der Waals surface area contributed by atoms with E-state index in [2.05, 4.69) is 25.1 Å². The zero-order chi connectivity index (χ0) is 21.7. The minimum atomic E-state index is -0.964. The van der Waals surface area contributed by atoms with Crippen molar-refractivity contribution in [1.29, 1.82) is 0 Å². The molecule has 0 amide bonds. The highest BCUT2D eigenvalue weighted by atomic mass is 35.5. The van der Waals surface area contributed by atoms with E-state index in [4.69, 9.17) is 28.3 Å². The van der Waals surface area contributed by atoms with Crippen LogP contribution in [0.1, 0.15) is 39.7 Å². The molecule has 1 N–H and O–H groups in total. The molecule has 2 aromatic carbocycles. The van der Waals surface area contributed by atoms with Crippen LogP contribution in [0, 0.1) is 0 Å². The van der Waals surface area contributed by atoms with Crippen molar-refractivity contribution in [2.24, 2.45) is 0 Å². The molecule has 4 nitrogen and oxygen atoms in total. The molecule has 3 aromatic rings. The number of benzene rings is 2. The first-order chi connectivity index (χ1) is 14.4. The maximum Gasteiger partial charge on any atom is 0.335 e. The predicted molar refractivity (Wildman–Crippen MR) is 121 cm³/mol. The Morgan fingerprint density at radius 2 is 1.60 bits per heavy atom. The summed E-state index contributed by atoms with van der Waals surface area (Å²) in [7, 11) is 0. The van der Waals surface area contributed by atoms with Crippen LogP contribution in [0.2, 0.25) is 10.0 Å². The van der Waals surface area contributed by atoms with E-state index in [0.717, 1.165) is 24.1 Å². The number of rotatable bonds is 8. The number of aryl methyl sites for hydroxylation is 3. The van der Waals surface area contributed by atoms with Crippen LogP contribution in [0.25, 0.3) is 0 Å². The fourth-order valence-electron chi connectivity index (χ4n) is 3.45. The first-order valence-electron chi connectivity index (χ1n) is 9.86. The van der Waals surface area contributed by atoms with Gasteiger partial charge in [0.15, 0.2) is 0 Å². The van der Waals surface area contributed by atoms with Crippen LogP contribution < -0.4 is 5.56 Å². The second-order valence-electron chi connectivity index (χ2n) is 7.17. The molecule has 0 aliphatic rings. The maximum atomic E-state index is 12.7. The summed E-state index contributed by atoms with van der Waals surface area (Å²) in [5.74, 6) is -0.964. The van der Waals surface area contributed by atoms with Gasteiger partial charge in [0.25, 0.3) is 5.56 Å². The van der Waals surface area contributed by atoms with Crippen LogP contribution in [0.4, 0.5) is 0 Å². The summed E-state index contributed by atoms with van der Waals surface area (Å²) in [6.45, 7) is 2.53. The van der Waals surface area contributed by atoms with Crippen molar-refractivity contribution in [3.8, 4) is 0 Å². The van der Waals surface area contributed by atoms with Crippen LogP contribution >= 0.6 is 23.2 Å². The number of halogens is 2. The van der Waals surface area contributed by atoms with Gasteiger partial charge in [-0.25, -0.2) is 4.79 Å². The molecule has 0 aliphatic heterocycles. The lowest BCUT2D eigenvalue weighted by Gasteiger charge is -2.16. The van der Waals surface area contributed by atoms with Gasteiger partial charge in [0.2, 0.25) is 0 Å². The SMILES string of the molecule is CCc1cccc(CCc2c(Cl)cc(Cl)c(=O)n2CCc2ccc(C(=O)O)cc2)c1. The average Bonchev–Trinajstić information content (AvgIpc) is 2.75. The molecule has 0 saturated heterocycles. The zero-order valence-electron chi connectivity index (χ0n) is 16.7. The molecule has 30 heavy (non-hydrogen) atoms. The number of carbonyl (C=O) groups is 1. The molecule has 0 bridgehead atoms. The summed E-state index contributed by atoms with van der Waals surface area (Å²) >= 11 is 12.6. The molecule has 0 saturated carbocycles. The van der Waals surface area contributed by atoms with Crippen LogP contribution in [0.3, 0.4) is 0 Å². The third-order valence-corrected chi connectivity index (χ3v) is 5.78. The van der Waals surface area contributed by atoms with Gasteiger partial charge in [-0.05, 0) is 60.6 Å². The van der Waals surface area contributed by atoms with Gasteiger partial charge in [0, 0.05) is 12.2 Å². The van der Waals surface area contributed by atoms with Gasteiger partial charge in [-0.1, -0.05) is 66.5 Å². The second kappa shape index (κ2) is 9.96. The molecule has 0 fully saturated rings. The Balaban J connectivity index is 1.82. The largest absolute Gasteiger partial charge is 0.478 e. The molecule has 0 unspecified atom stereocenters. The van der Waals surface area contributed by atoms with E-state index in [-0.39, 0.29) is 16.1 Å². The van der Waals surface area contributed by atoms with Crippen LogP contribution in [-0.4, -0.2) is 15.6 Å². The molecule has 6 heteroatoms. The minimum absolute atomic E-state index is 0.0953. The van der Waals surface area contributed by atoms with E-state index < -0.39 is 5.97 Å². The molecule has 3 rings (SSSR count). The lowest BCUT2D eigenvalue weighted by atomic mass is 10.0. The third-order valence-electron chi connectivity index (χ3n) is 5.18. The van der Waals surface area contributed by atoms with E-state index in [1.54, 1.807) is 28.8 Å². The van der Waals surface area contributed by atoms with E-state index in [0.29, 0.717) is 24.4 Å². The molecule has 0 spiro atoms. The van der Waals surface area contributed by atoms with Crippen LogP contribution in [0.15, 0.2) is 59.4 Å². The normalized spacial score (nSPS) is 10.9. The first kappa shape index (κ1) is 22.1. The monoisotopic (exact) mass is 443 g/mol. The summed E-state index contributed by atoms with van der Waals surface area (Å²) in [5.41, 5.74) is 4.14. The van der Waals surface area contributed by atoms with E-state index in [9.17, 15) is 9.59 Å². The number of hydrogen-bond donors (Lipinski definition) is 1. The molecule has 0 aliphatic carbocycles. The van der Waals surface area contributed by atoms with Gasteiger partial charge in [-0.15, -0.1) is 0 Å². The van der Waals surface area contributed by atoms with Gasteiger partial charge in [-0.3, -0.25) is 4.79 Å². The molecule has 0 atom stereocenters. The quantitative estimate of drug-likeness (QED) is 0.503. The molecular weight excluding hydrogens is 421 g/mol. The summed E-state index contributed by atoms with van der Waals surface area (Å²) < 4.78 is 1.64. The Bertz CT molecular complexity index is 1100. The van der Waals surface area contributed by atoms with Crippen molar-refractivity contribution in [1.82, 2.24) is 4.57 Å². The van der Waals surface area contributed by atoms with E-state index in [1.165, 1.54) is 17.2 Å². The van der Waals surface area contributed by atoms with Crippen molar-refractivity contribution >= 4 is 29.2 Å². The van der Waals surface area contributed by atoms with Gasteiger partial charge in [0.05, 0.1) is 10.6 Å². The lowest BCUT2D eigenvalue weighted by molar-refractivity contribution is 0.0697. The number of hydrogen-bond acceptors (Lipinski definition) is 2. The number of carboxylic acid groups (broad SMARTS) is 1. The summed E-state index contributed by atoms with van der Waals surface area (Å²) in [5, 5.41) is 9.60. The smallest absolute Gasteiger partial charge is 0.335 e. The van der Waals surface area contributed by atoms with Gasteiger partial charge in [-0.2, -0.15) is 0 Å². The maximum absolute atomic E-state index is 12.7. The van der Waals surface area contributed by atoms with Gasteiger partial charge in [0.1, 0.15) is 5.02 Å². The Labute approximate surface area is 185 Å². The van der Waals surface area contributed by atoms with Crippen molar-refractivity contribution < 1.29 is 9.90 Å². The molecule has 156 valence electrons. The van der Waals surface area contributed by atoms with Crippen molar-refractivity contribution in [2.75, 3.05) is 0 Å². The number of carboxylic acids is 1. The highest BCUT2D eigenvalue weighted by molar-refractivity contribution is 6.34. The number of nitrogens with zero attached hydrogens (tertiary/aromatic N) is 1. The van der Waals surface area contributed by atoms with Crippen LogP contribution in [-0.2, 0) is 32.2 Å². The summed E-state index contributed by atoms with van der Waals surface area (Å²) in [6, 6.07) is 16.6. The zero-order valence-corrected chi connectivity index (χ0v) is 18.2. The van der Waals surface area contributed by atoms with Crippen molar-refractivity contribution in [3.63, 3.8) is 0 Å². The van der Waals surface area contributed by atoms with Crippen molar-refractivity contribution in [3.05, 3.63) is 103 Å². The number of pyridine rings is 1. The lowest BCUT2D eigenvalue weighted by Crippen LogP contribution is -2.25. The van der Waals surface area contributed by atoms with Gasteiger partial charge < -0.3 is 9.67 Å². The summed E-state index contributed by atoms with van der Waals surface area (Å²) in [4.78, 5) is 23.7. The first-order valence-corrected chi connectivity index (χ1v) is 10.6. The van der Waals surface area contributed by atoms with E-state index in [1.807, 2.05) is 6.07 Å².